The van der Waals surface area contributed by atoms with Crippen molar-refractivity contribution in [3.63, 3.8) is 0 Å². The first kappa shape index (κ1) is 15.5. The second-order valence-electron chi connectivity index (χ2n) is 5.51. The lowest BCUT2D eigenvalue weighted by Gasteiger charge is -2.22. The minimum atomic E-state index is -0.748. The van der Waals surface area contributed by atoms with Crippen molar-refractivity contribution in [2.75, 3.05) is 20.2 Å². The average Bonchev–Trinajstić information content (AvgIpc) is 2.34. The van der Waals surface area contributed by atoms with Crippen LogP contribution in [0.25, 0.3) is 0 Å². The molecule has 0 amide bonds. The molecule has 4 heteroatoms. The SMILES string of the molecule is COc1ccc(CCNCC(C)(C)CC(=O)O)cc1. The summed E-state index contributed by atoms with van der Waals surface area (Å²) in [6, 6.07) is 7.99. The highest BCUT2D eigenvalue weighted by molar-refractivity contribution is 5.67. The van der Waals surface area contributed by atoms with Crippen LogP contribution in [0.15, 0.2) is 24.3 Å². The maximum atomic E-state index is 10.7. The van der Waals surface area contributed by atoms with Crippen LogP contribution in [0.2, 0.25) is 0 Å². The fraction of sp³-hybridized carbons (Fsp3) is 0.533. The maximum Gasteiger partial charge on any atom is 0.303 e. The second-order valence-corrected chi connectivity index (χ2v) is 5.51. The van der Waals surface area contributed by atoms with Crippen LogP contribution in [0, 0.1) is 5.41 Å². The molecule has 0 saturated heterocycles. The Hall–Kier alpha value is -1.55. The van der Waals surface area contributed by atoms with Crippen molar-refractivity contribution < 1.29 is 14.6 Å². The zero-order valence-corrected chi connectivity index (χ0v) is 11.9. The van der Waals surface area contributed by atoms with Gasteiger partial charge >= 0.3 is 5.97 Å². The molecule has 0 heterocycles. The van der Waals surface area contributed by atoms with Crippen LogP contribution < -0.4 is 10.1 Å². The number of ether oxygens (including phenoxy) is 1. The zero-order chi connectivity index (χ0) is 14.3. The molecule has 1 rings (SSSR count). The Kier molecular flexibility index (Phi) is 5.83. The van der Waals surface area contributed by atoms with E-state index in [0.29, 0.717) is 6.54 Å². The predicted octanol–water partition coefficient (Wildman–Crippen LogP) is 2.33. The summed E-state index contributed by atoms with van der Waals surface area (Å²) in [5, 5.41) is 12.1. The number of methoxy groups -OCH3 is 1. The van der Waals surface area contributed by atoms with E-state index in [9.17, 15) is 4.79 Å². The molecule has 0 aromatic heterocycles. The molecule has 0 atom stereocenters. The molecule has 0 fully saturated rings. The van der Waals surface area contributed by atoms with Crippen LogP contribution in [-0.4, -0.2) is 31.3 Å². The maximum absolute atomic E-state index is 10.7. The number of carboxylic acids is 1. The lowest BCUT2D eigenvalue weighted by Crippen LogP contribution is -2.32. The van der Waals surface area contributed by atoms with Gasteiger partial charge in [-0.3, -0.25) is 4.79 Å². The number of aliphatic carboxylic acids is 1. The minimum absolute atomic E-state index is 0.183. The van der Waals surface area contributed by atoms with Crippen LogP contribution in [0.5, 0.6) is 5.75 Å². The summed E-state index contributed by atoms with van der Waals surface area (Å²) < 4.78 is 5.11. The van der Waals surface area contributed by atoms with E-state index < -0.39 is 5.97 Å². The van der Waals surface area contributed by atoms with Crippen LogP contribution in [0.3, 0.4) is 0 Å². The van der Waals surface area contributed by atoms with Gasteiger partial charge in [-0.1, -0.05) is 26.0 Å². The summed E-state index contributed by atoms with van der Waals surface area (Å²) in [5.41, 5.74) is 1.02. The zero-order valence-electron chi connectivity index (χ0n) is 11.9. The number of benzene rings is 1. The van der Waals surface area contributed by atoms with Gasteiger partial charge in [0.1, 0.15) is 5.75 Å². The molecule has 0 radical (unpaired) electrons. The lowest BCUT2D eigenvalue weighted by molar-refractivity contribution is -0.139. The molecule has 0 bridgehead atoms. The minimum Gasteiger partial charge on any atom is -0.497 e. The van der Waals surface area contributed by atoms with Crippen LogP contribution in [-0.2, 0) is 11.2 Å². The summed E-state index contributed by atoms with van der Waals surface area (Å²) in [4.78, 5) is 10.7. The molecule has 2 N–H and O–H groups in total. The van der Waals surface area contributed by atoms with Gasteiger partial charge in [0, 0.05) is 6.54 Å². The molecule has 0 spiro atoms. The van der Waals surface area contributed by atoms with Gasteiger partial charge in [0.2, 0.25) is 0 Å². The molecule has 19 heavy (non-hydrogen) atoms. The van der Waals surface area contributed by atoms with E-state index in [0.717, 1.165) is 18.7 Å². The first-order chi connectivity index (χ1) is 8.93. The largest absolute Gasteiger partial charge is 0.497 e. The highest BCUT2D eigenvalue weighted by Crippen LogP contribution is 2.18. The standard InChI is InChI=1S/C15H23NO3/c1-15(2,10-14(17)18)11-16-9-8-12-4-6-13(19-3)7-5-12/h4-7,16H,8-11H2,1-3H3,(H,17,18). The molecule has 4 nitrogen and oxygen atoms in total. The van der Waals surface area contributed by atoms with E-state index in [-0.39, 0.29) is 11.8 Å². The van der Waals surface area contributed by atoms with Crippen LogP contribution in [0.4, 0.5) is 0 Å². The third-order valence-electron chi connectivity index (χ3n) is 2.98. The normalized spacial score (nSPS) is 11.3. The number of nitrogens with one attached hydrogen (secondary N) is 1. The first-order valence-electron chi connectivity index (χ1n) is 6.48. The molecule has 106 valence electrons. The third-order valence-corrected chi connectivity index (χ3v) is 2.98. The smallest absolute Gasteiger partial charge is 0.303 e. The van der Waals surface area contributed by atoms with E-state index in [2.05, 4.69) is 5.32 Å². The summed E-state index contributed by atoms with van der Waals surface area (Å²) in [7, 11) is 1.65. The Balaban J connectivity index is 2.28. The van der Waals surface area contributed by atoms with E-state index in [1.807, 2.05) is 38.1 Å². The molecule has 1 aromatic rings. The van der Waals surface area contributed by atoms with Crippen molar-refractivity contribution in [3.05, 3.63) is 29.8 Å². The summed E-state index contributed by atoms with van der Waals surface area (Å²) in [6.45, 7) is 5.47. The third kappa shape index (κ3) is 6.25. The van der Waals surface area contributed by atoms with Crippen molar-refractivity contribution in [3.8, 4) is 5.75 Å². The summed E-state index contributed by atoms with van der Waals surface area (Å²) in [6.07, 6.45) is 1.11. The summed E-state index contributed by atoms with van der Waals surface area (Å²) >= 11 is 0. The fourth-order valence-electron chi connectivity index (χ4n) is 1.92. The quantitative estimate of drug-likeness (QED) is 0.708. The first-order valence-corrected chi connectivity index (χ1v) is 6.48. The van der Waals surface area contributed by atoms with Crippen molar-refractivity contribution in [1.82, 2.24) is 5.32 Å². The van der Waals surface area contributed by atoms with Crippen molar-refractivity contribution in [2.45, 2.75) is 26.7 Å². The van der Waals surface area contributed by atoms with Gasteiger partial charge in [-0.05, 0) is 36.1 Å². The van der Waals surface area contributed by atoms with Gasteiger partial charge in [-0.2, -0.15) is 0 Å². The van der Waals surface area contributed by atoms with E-state index in [1.165, 1.54) is 5.56 Å². The Morgan fingerprint density at radius 2 is 1.95 bits per heavy atom. The second kappa shape index (κ2) is 7.14. The number of rotatable bonds is 8. The number of carboxylic acid groups (broad SMARTS) is 1. The molecule has 0 aliphatic carbocycles. The lowest BCUT2D eigenvalue weighted by atomic mass is 9.89. The monoisotopic (exact) mass is 265 g/mol. The van der Waals surface area contributed by atoms with Gasteiger partial charge in [0.25, 0.3) is 0 Å². The molecule has 0 saturated carbocycles. The van der Waals surface area contributed by atoms with Gasteiger partial charge in [-0.25, -0.2) is 0 Å². The van der Waals surface area contributed by atoms with Crippen molar-refractivity contribution in [2.24, 2.45) is 5.41 Å². The molecule has 0 aliphatic heterocycles. The van der Waals surface area contributed by atoms with E-state index in [1.54, 1.807) is 7.11 Å². The Labute approximate surface area is 114 Å². The van der Waals surface area contributed by atoms with Crippen LogP contribution in [0.1, 0.15) is 25.8 Å². The van der Waals surface area contributed by atoms with E-state index >= 15 is 0 Å². The van der Waals surface area contributed by atoms with Crippen molar-refractivity contribution >= 4 is 5.97 Å². The van der Waals surface area contributed by atoms with Crippen LogP contribution >= 0.6 is 0 Å². The molecule has 1 aromatic carbocycles. The van der Waals surface area contributed by atoms with Gasteiger partial charge < -0.3 is 15.2 Å². The van der Waals surface area contributed by atoms with Gasteiger partial charge in [0.15, 0.2) is 0 Å². The average molecular weight is 265 g/mol. The highest BCUT2D eigenvalue weighted by atomic mass is 16.5. The highest BCUT2D eigenvalue weighted by Gasteiger charge is 2.20. The molecule has 0 unspecified atom stereocenters. The van der Waals surface area contributed by atoms with Gasteiger partial charge in [-0.15, -0.1) is 0 Å². The number of hydrogen-bond acceptors (Lipinski definition) is 3. The summed E-state index contributed by atoms with van der Waals surface area (Å²) in [5.74, 6) is 0.112. The Bertz CT molecular complexity index is 398. The number of hydrogen-bond donors (Lipinski definition) is 2. The Morgan fingerprint density at radius 3 is 2.47 bits per heavy atom. The topological polar surface area (TPSA) is 58.6 Å². The fourth-order valence-corrected chi connectivity index (χ4v) is 1.92. The predicted molar refractivity (Wildman–Crippen MR) is 75.6 cm³/mol. The Morgan fingerprint density at radius 1 is 1.32 bits per heavy atom. The molecule has 0 aliphatic rings. The van der Waals surface area contributed by atoms with Crippen molar-refractivity contribution in [1.29, 1.82) is 0 Å². The number of carbonyl (C=O) groups is 1. The van der Waals surface area contributed by atoms with Gasteiger partial charge in [0.05, 0.1) is 13.5 Å². The van der Waals surface area contributed by atoms with E-state index in [4.69, 9.17) is 9.84 Å². The molecular weight excluding hydrogens is 242 g/mol. The molecular formula is C15H23NO3.